The van der Waals surface area contributed by atoms with Crippen molar-refractivity contribution in [2.24, 2.45) is 0 Å². The van der Waals surface area contributed by atoms with Crippen LogP contribution in [0.5, 0.6) is 23.0 Å². The maximum Gasteiger partial charge on any atom is 0.263 e. The van der Waals surface area contributed by atoms with Crippen LogP contribution in [0.2, 0.25) is 0 Å². The Morgan fingerprint density at radius 3 is 2.84 bits per heavy atom. The molecule has 9 nitrogen and oxygen atoms in total. The van der Waals surface area contributed by atoms with Crippen molar-refractivity contribution < 1.29 is 23.7 Å². The second kappa shape index (κ2) is 7.80. The monoisotopic (exact) mass is 438 g/mol. The summed E-state index contributed by atoms with van der Waals surface area (Å²) in [4.78, 5) is 17.1. The molecule has 0 saturated heterocycles. The number of benzene rings is 2. The number of hydrogen-bond acceptors (Lipinski definition) is 8. The topological polar surface area (TPSA) is 96.7 Å². The number of carbonyl (C=O) groups is 1. The molecular formula is C21H18N4O5S. The zero-order chi connectivity index (χ0) is 21.4. The average Bonchev–Trinajstić information content (AvgIpc) is 3.48. The molecule has 0 unspecified atom stereocenters. The first-order chi connectivity index (χ1) is 15.1. The highest BCUT2D eigenvalue weighted by Gasteiger charge is 2.19. The summed E-state index contributed by atoms with van der Waals surface area (Å²) in [5.74, 6) is 2.76. The predicted octanol–water partition coefficient (Wildman–Crippen LogP) is 3.55. The number of amides is 1. The van der Waals surface area contributed by atoms with E-state index < -0.39 is 0 Å². The van der Waals surface area contributed by atoms with Gasteiger partial charge in [-0.1, -0.05) is 17.4 Å². The predicted molar refractivity (Wildman–Crippen MR) is 115 cm³/mol. The molecule has 10 heteroatoms. The fourth-order valence-corrected chi connectivity index (χ4v) is 4.09. The van der Waals surface area contributed by atoms with Crippen LogP contribution in [0.1, 0.15) is 5.69 Å². The molecule has 0 radical (unpaired) electrons. The molecule has 5 rings (SSSR count). The van der Waals surface area contributed by atoms with E-state index in [0.29, 0.717) is 33.9 Å². The van der Waals surface area contributed by atoms with Gasteiger partial charge in [0.05, 0.1) is 23.0 Å². The molecule has 0 fully saturated rings. The van der Waals surface area contributed by atoms with Crippen LogP contribution in [-0.2, 0) is 4.79 Å². The second-order valence-corrected chi connectivity index (χ2v) is 7.78. The van der Waals surface area contributed by atoms with Gasteiger partial charge in [-0.05, 0) is 19.1 Å². The van der Waals surface area contributed by atoms with Gasteiger partial charge < -0.3 is 24.3 Å². The fraction of sp³-hybridized carbons (Fsp3) is 0.190. The zero-order valence-electron chi connectivity index (χ0n) is 16.7. The first-order valence-corrected chi connectivity index (χ1v) is 10.2. The van der Waals surface area contributed by atoms with Gasteiger partial charge in [0.25, 0.3) is 5.91 Å². The normalized spacial score (nSPS) is 12.2. The van der Waals surface area contributed by atoms with Gasteiger partial charge in [-0.15, -0.1) is 0 Å². The van der Waals surface area contributed by atoms with E-state index in [-0.39, 0.29) is 19.3 Å². The molecule has 0 atom stereocenters. The highest BCUT2D eigenvalue weighted by molar-refractivity contribution is 7.20. The van der Waals surface area contributed by atoms with E-state index in [2.05, 4.69) is 15.4 Å². The maximum absolute atomic E-state index is 12.5. The van der Waals surface area contributed by atoms with Gasteiger partial charge in [0.1, 0.15) is 17.3 Å². The van der Waals surface area contributed by atoms with Crippen LogP contribution in [0.4, 0.5) is 5.82 Å². The van der Waals surface area contributed by atoms with E-state index in [1.165, 1.54) is 11.3 Å². The number of carbonyl (C=O) groups excluding carboxylic acids is 1. The van der Waals surface area contributed by atoms with Crippen molar-refractivity contribution in [2.45, 2.75) is 6.92 Å². The van der Waals surface area contributed by atoms with Gasteiger partial charge in [0, 0.05) is 24.3 Å². The Kier molecular flexibility index (Phi) is 4.83. The lowest BCUT2D eigenvalue weighted by molar-refractivity contribution is -0.118. The summed E-state index contributed by atoms with van der Waals surface area (Å²) in [7, 11) is 1.57. The Bertz CT molecular complexity index is 1240. The van der Waals surface area contributed by atoms with E-state index >= 15 is 0 Å². The minimum Gasteiger partial charge on any atom is -0.497 e. The molecule has 4 aromatic rings. The van der Waals surface area contributed by atoms with Crippen molar-refractivity contribution in [3.8, 4) is 28.1 Å². The third-order valence-electron chi connectivity index (χ3n) is 4.56. The maximum atomic E-state index is 12.5. The SMILES string of the molecule is COc1cccc(OCC(=O)Nc2cc(C)nn2-c2nc3cc4c(cc3s2)OCO4)c1. The van der Waals surface area contributed by atoms with Gasteiger partial charge in [-0.2, -0.15) is 9.78 Å². The molecule has 1 amide bonds. The van der Waals surface area contributed by atoms with Crippen LogP contribution in [0.25, 0.3) is 15.3 Å². The number of thiazole rings is 1. The van der Waals surface area contributed by atoms with Crippen molar-refractivity contribution in [3.63, 3.8) is 0 Å². The number of nitrogens with zero attached hydrogens (tertiary/aromatic N) is 3. The number of rotatable bonds is 6. The van der Waals surface area contributed by atoms with E-state index in [9.17, 15) is 4.79 Å². The third-order valence-corrected chi connectivity index (χ3v) is 5.56. The summed E-state index contributed by atoms with van der Waals surface area (Å²) in [6.45, 7) is 1.91. The van der Waals surface area contributed by atoms with Gasteiger partial charge >= 0.3 is 0 Å². The summed E-state index contributed by atoms with van der Waals surface area (Å²) >= 11 is 1.44. The Balaban J connectivity index is 1.34. The van der Waals surface area contributed by atoms with Crippen molar-refractivity contribution >= 4 is 33.3 Å². The Morgan fingerprint density at radius 1 is 1.19 bits per heavy atom. The lowest BCUT2D eigenvalue weighted by Crippen LogP contribution is -2.21. The van der Waals surface area contributed by atoms with Gasteiger partial charge in [-0.3, -0.25) is 4.79 Å². The quantitative estimate of drug-likeness (QED) is 0.492. The van der Waals surface area contributed by atoms with E-state index in [0.717, 1.165) is 15.9 Å². The van der Waals surface area contributed by atoms with Gasteiger partial charge in [-0.25, -0.2) is 4.98 Å². The molecule has 3 heterocycles. The van der Waals surface area contributed by atoms with Crippen LogP contribution < -0.4 is 24.3 Å². The van der Waals surface area contributed by atoms with Crippen molar-refractivity contribution in [2.75, 3.05) is 25.8 Å². The van der Waals surface area contributed by atoms with Gasteiger partial charge in [0.2, 0.25) is 11.9 Å². The zero-order valence-corrected chi connectivity index (χ0v) is 17.6. The molecule has 0 spiro atoms. The van der Waals surface area contributed by atoms with Crippen molar-refractivity contribution in [1.82, 2.24) is 14.8 Å². The minimum atomic E-state index is -0.314. The van der Waals surface area contributed by atoms with Crippen LogP contribution in [0.3, 0.4) is 0 Å². The van der Waals surface area contributed by atoms with Crippen molar-refractivity contribution in [1.29, 1.82) is 0 Å². The lowest BCUT2D eigenvalue weighted by atomic mass is 10.3. The van der Waals surface area contributed by atoms with E-state index in [4.69, 9.17) is 18.9 Å². The van der Waals surface area contributed by atoms with Crippen molar-refractivity contribution in [3.05, 3.63) is 48.2 Å². The van der Waals surface area contributed by atoms with Crippen LogP contribution >= 0.6 is 11.3 Å². The first kappa shape index (κ1) is 19.2. The Morgan fingerprint density at radius 2 is 2.00 bits per heavy atom. The molecule has 1 N–H and O–H groups in total. The number of aromatic nitrogens is 3. The summed E-state index contributed by atoms with van der Waals surface area (Å²) in [6, 6.07) is 12.6. The number of fused-ring (bicyclic) bond motifs is 2. The molecule has 1 aliphatic heterocycles. The van der Waals surface area contributed by atoms with E-state index in [1.807, 2.05) is 19.1 Å². The van der Waals surface area contributed by atoms with Crippen LogP contribution in [0.15, 0.2) is 42.5 Å². The second-order valence-electron chi connectivity index (χ2n) is 6.77. The number of nitrogens with one attached hydrogen (secondary N) is 1. The smallest absolute Gasteiger partial charge is 0.263 e. The molecule has 0 saturated carbocycles. The summed E-state index contributed by atoms with van der Waals surface area (Å²) < 4.78 is 24.1. The summed E-state index contributed by atoms with van der Waals surface area (Å²) in [5, 5.41) is 7.94. The third kappa shape index (κ3) is 3.84. The largest absolute Gasteiger partial charge is 0.497 e. The van der Waals surface area contributed by atoms with Crippen LogP contribution in [0, 0.1) is 6.92 Å². The van der Waals surface area contributed by atoms with Crippen LogP contribution in [-0.4, -0.2) is 41.2 Å². The molecule has 158 valence electrons. The number of aryl methyl sites for hydroxylation is 1. The minimum absolute atomic E-state index is 0.154. The molecule has 1 aliphatic rings. The number of anilines is 1. The Hall–Kier alpha value is -3.79. The first-order valence-electron chi connectivity index (χ1n) is 9.43. The molecule has 0 bridgehead atoms. The number of ether oxygens (including phenoxy) is 4. The summed E-state index contributed by atoms with van der Waals surface area (Å²) in [6.07, 6.45) is 0. The highest BCUT2D eigenvalue weighted by Crippen LogP contribution is 2.38. The molecular weight excluding hydrogens is 420 g/mol. The lowest BCUT2D eigenvalue weighted by Gasteiger charge is -2.09. The molecule has 31 heavy (non-hydrogen) atoms. The van der Waals surface area contributed by atoms with E-state index in [1.54, 1.807) is 42.1 Å². The highest BCUT2D eigenvalue weighted by atomic mass is 32.1. The average molecular weight is 438 g/mol. The molecule has 2 aromatic carbocycles. The standard InChI is InChI=1S/C21H18N4O5S/c1-12-6-19(23-20(26)10-28-14-5-3-4-13(7-14)27-2)25(24-12)21-22-15-8-16-17(30-11-29-16)9-18(15)31-21/h3-9H,10-11H2,1-2H3,(H,23,26). The fourth-order valence-electron chi connectivity index (χ4n) is 3.15. The number of hydrogen-bond donors (Lipinski definition) is 1. The summed E-state index contributed by atoms with van der Waals surface area (Å²) in [5.41, 5.74) is 1.52. The Labute approximate surface area is 181 Å². The van der Waals surface area contributed by atoms with Gasteiger partial charge in [0.15, 0.2) is 18.1 Å². The molecule has 0 aliphatic carbocycles. The molecule has 2 aromatic heterocycles. The number of methoxy groups -OCH3 is 1.